The normalized spacial score (nSPS) is 10.1. The maximum absolute atomic E-state index is 10.4. The molecular weight excluding hydrogens is 404 g/mol. The molecule has 158 valence electrons. The van der Waals surface area contributed by atoms with Gasteiger partial charge < -0.3 is 5.11 Å². The smallest absolute Gasteiger partial charge is 0.425 e. The van der Waals surface area contributed by atoms with Gasteiger partial charge >= 0.3 is 6.09 Å². The summed E-state index contributed by atoms with van der Waals surface area (Å²) in [6.07, 6.45) is 4.58. The molecule has 0 saturated carbocycles. The van der Waals surface area contributed by atoms with Gasteiger partial charge in [-0.1, -0.05) is 60.7 Å². The number of hydrogen-bond acceptors (Lipinski definition) is 5. The van der Waals surface area contributed by atoms with E-state index in [1.165, 1.54) is 6.21 Å². The Hall–Kier alpha value is -4.65. The van der Waals surface area contributed by atoms with Gasteiger partial charge in [0.25, 0.3) is 0 Å². The van der Waals surface area contributed by atoms with Crippen molar-refractivity contribution in [2.24, 2.45) is 5.10 Å². The van der Waals surface area contributed by atoms with E-state index in [9.17, 15) is 9.59 Å². The summed E-state index contributed by atoms with van der Waals surface area (Å²) in [4.78, 5) is 29.1. The van der Waals surface area contributed by atoms with Gasteiger partial charge in [-0.3, -0.25) is 14.8 Å². The number of nitrogens with zero attached hydrogens (tertiary/aromatic N) is 3. The third-order valence-electron chi connectivity index (χ3n) is 4.25. The van der Waals surface area contributed by atoms with Crippen LogP contribution in [0.15, 0.2) is 102 Å². The predicted molar refractivity (Wildman–Crippen MR) is 123 cm³/mol. The van der Waals surface area contributed by atoms with Crippen LogP contribution in [-0.2, 0) is 0 Å². The molecule has 0 radical (unpaired) electrons. The number of pyridine rings is 2. The van der Waals surface area contributed by atoms with E-state index in [0.717, 1.165) is 34.4 Å². The van der Waals surface area contributed by atoms with Crippen molar-refractivity contribution in [3.05, 3.63) is 108 Å². The molecule has 7 heteroatoms. The van der Waals surface area contributed by atoms with Crippen molar-refractivity contribution >= 4 is 18.6 Å². The topological polar surface area (TPSA) is 105 Å². The Bertz CT molecular complexity index is 1160. The fourth-order valence-electron chi connectivity index (χ4n) is 2.70. The Morgan fingerprint density at radius 1 is 0.750 bits per heavy atom. The first kappa shape index (κ1) is 22.0. The van der Waals surface area contributed by atoms with Gasteiger partial charge in [0.05, 0.1) is 17.6 Å². The molecule has 2 aromatic heterocycles. The van der Waals surface area contributed by atoms with Crippen molar-refractivity contribution in [2.45, 2.75) is 0 Å². The molecule has 0 saturated heterocycles. The summed E-state index contributed by atoms with van der Waals surface area (Å²) in [6.45, 7) is 0. The zero-order valence-corrected chi connectivity index (χ0v) is 17.0. The van der Waals surface area contributed by atoms with Crippen LogP contribution >= 0.6 is 0 Å². The molecule has 0 spiro atoms. The number of hydrazone groups is 1. The van der Waals surface area contributed by atoms with Crippen molar-refractivity contribution in [3.63, 3.8) is 0 Å². The van der Waals surface area contributed by atoms with Crippen LogP contribution in [0.1, 0.15) is 15.9 Å². The second-order valence-electron chi connectivity index (χ2n) is 6.47. The summed E-state index contributed by atoms with van der Waals surface area (Å²) in [6, 6.07) is 26.3. The minimum absolute atomic E-state index is 0.685. The standard InChI is InChI=1S/C13H11N3O2.C12H9NO/c17-13(18)16-15-9-10-4-6-11(7-5-10)12-3-1-2-8-14-12;14-9-10-4-6-11(7-5-10)12-3-1-2-8-13-12/h1-9,16H,(H,17,18);1-9H/b15-9+;. The molecule has 7 nitrogen and oxygen atoms in total. The number of nitrogens with one attached hydrogen (secondary N) is 1. The van der Waals surface area contributed by atoms with Crippen molar-refractivity contribution in [2.75, 3.05) is 0 Å². The second kappa shape index (κ2) is 11.5. The lowest BCUT2D eigenvalue weighted by Crippen LogP contribution is -2.13. The summed E-state index contributed by atoms with van der Waals surface area (Å²) in [5.74, 6) is 0. The minimum Gasteiger partial charge on any atom is -0.464 e. The summed E-state index contributed by atoms with van der Waals surface area (Å²) in [5.41, 5.74) is 7.25. The molecule has 0 unspecified atom stereocenters. The highest BCUT2D eigenvalue weighted by Crippen LogP contribution is 2.17. The van der Waals surface area contributed by atoms with Crippen LogP contribution in [0.5, 0.6) is 0 Å². The minimum atomic E-state index is -1.18. The van der Waals surface area contributed by atoms with Gasteiger partial charge in [0.2, 0.25) is 0 Å². The number of carboxylic acid groups (broad SMARTS) is 1. The Kier molecular flexibility index (Phi) is 7.93. The first-order valence-corrected chi connectivity index (χ1v) is 9.66. The van der Waals surface area contributed by atoms with Crippen LogP contribution in [0.4, 0.5) is 4.79 Å². The number of rotatable bonds is 5. The molecule has 0 aliphatic carbocycles. The van der Waals surface area contributed by atoms with E-state index in [-0.39, 0.29) is 0 Å². The lowest BCUT2D eigenvalue weighted by atomic mass is 10.1. The molecule has 4 rings (SSSR count). The van der Waals surface area contributed by atoms with Gasteiger partial charge in [-0.15, -0.1) is 0 Å². The highest BCUT2D eigenvalue weighted by molar-refractivity contribution is 5.81. The first-order chi connectivity index (χ1) is 15.7. The maximum atomic E-state index is 10.4. The molecule has 2 aromatic carbocycles. The maximum Gasteiger partial charge on any atom is 0.425 e. The number of aromatic nitrogens is 2. The molecule has 4 aromatic rings. The number of benzene rings is 2. The molecule has 0 aliphatic rings. The molecule has 32 heavy (non-hydrogen) atoms. The third-order valence-corrected chi connectivity index (χ3v) is 4.25. The zero-order valence-electron chi connectivity index (χ0n) is 17.0. The summed E-state index contributed by atoms with van der Waals surface area (Å²) in [5, 5.41) is 11.9. The van der Waals surface area contributed by atoms with Gasteiger partial charge in [0.15, 0.2) is 0 Å². The molecule has 0 fully saturated rings. The first-order valence-electron chi connectivity index (χ1n) is 9.66. The largest absolute Gasteiger partial charge is 0.464 e. The van der Waals surface area contributed by atoms with Gasteiger partial charge in [-0.05, 0) is 29.8 Å². The van der Waals surface area contributed by atoms with Crippen molar-refractivity contribution in [1.82, 2.24) is 15.4 Å². The van der Waals surface area contributed by atoms with Gasteiger partial charge in [-0.25, -0.2) is 10.2 Å². The fourth-order valence-corrected chi connectivity index (χ4v) is 2.70. The Morgan fingerprint density at radius 3 is 1.66 bits per heavy atom. The van der Waals surface area contributed by atoms with Crippen LogP contribution in [0.3, 0.4) is 0 Å². The van der Waals surface area contributed by atoms with E-state index in [2.05, 4.69) is 15.1 Å². The Morgan fingerprint density at radius 2 is 1.25 bits per heavy atom. The molecular formula is C25H20N4O3. The van der Waals surface area contributed by atoms with E-state index in [1.54, 1.807) is 24.5 Å². The number of carbonyl (C=O) groups excluding carboxylic acids is 1. The van der Waals surface area contributed by atoms with Crippen LogP contribution in [-0.4, -0.2) is 33.7 Å². The van der Waals surface area contributed by atoms with Crippen LogP contribution in [0.25, 0.3) is 22.5 Å². The van der Waals surface area contributed by atoms with Crippen molar-refractivity contribution in [3.8, 4) is 22.5 Å². The quantitative estimate of drug-likeness (QED) is 0.269. The Labute approximate surface area is 185 Å². The van der Waals surface area contributed by atoms with Crippen LogP contribution < -0.4 is 5.43 Å². The number of amides is 1. The number of hydrogen-bond donors (Lipinski definition) is 2. The zero-order chi connectivity index (χ0) is 22.6. The fraction of sp³-hybridized carbons (Fsp3) is 0. The lowest BCUT2D eigenvalue weighted by Gasteiger charge is -2.00. The van der Waals surface area contributed by atoms with Crippen LogP contribution in [0, 0.1) is 0 Å². The summed E-state index contributed by atoms with van der Waals surface area (Å²) in [7, 11) is 0. The van der Waals surface area contributed by atoms with Crippen molar-refractivity contribution in [1.29, 1.82) is 0 Å². The predicted octanol–water partition coefficient (Wildman–Crippen LogP) is 4.91. The van der Waals surface area contributed by atoms with E-state index < -0.39 is 6.09 Å². The molecule has 0 bridgehead atoms. The average Bonchev–Trinajstić information content (AvgIpc) is 2.86. The van der Waals surface area contributed by atoms with E-state index in [1.807, 2.05) is 78.2 Å². The molecule has 0 atom stereocenters. The van der Waals surface area contributed by atoms with Gasteiger partial charge in [0.1, 0.15) is 6.29 Å². The molecule has 2 heterocycles. The molecule has 2 N–H and O–H groups in total. The average molecular weight is 424 g/mol. The van der Waals surface area contributed by atoms with E-state index >= 15 is 0 Å². The van der Waals surface area contributed by atoms with Crippen LogP contribution in [0.2, 0.25) is 0 Å². The Balaban J connectivity index is 0.000000186. The highest BCUT2D eigenvalue weighted by Gasteiger charge is 1.98. The highest BCUT2D eigenvalue weighted by atomic mass is 16.4. The lowest BCUT2D eigenvalue weighted by molar-refractivity contribution is 0.112. The summed E-state index contributed by atoms with van der Waals surface area (Å²) >= 11 is 0. The number of carbonyl (C=O) groups is 2. The molecule has 1 amide bonds. The van der Waals surface area contributed by atoms with E-state index in [0.29, 0.717) is 5.56 Å². The third kappa shape index (κ3) is 6.70. The number of aldehydes is 1. The second-order valence-corrected chi connectivity index (χ2v) is 6.47. The van der Waals surface area contributed by atoms with Gasteiger partial charge in [0, 0.05) is 29.1 Å². The summed E-state index contributed by atoms with van der Waals surface area (Å²) < 4.78 is 0. The monoisotopic (exact) mass is 424 g/mol. The van der Waals surface area contributed by atoms with E-state index in [4.69, 9.17) is 5.11 Å². The molecule has 0 aliphatic heterocycles. The SMILES string of the molecule is O=C(O)N/N=C/c1ccc(-c2ccccn2)cc1.O=Cc1ccc(-c2ccccn2)cc1. The van der Waals surface area contributed by atoms with Crippen molar-refractivity contribution < 1.29 is 14.7 Å². The van der Waals surface area contributed by atoms with Gasteiger partial charge in [-0.2, -0.15) is 5.10 Å².